The lowest BCUT2D eigenvalue weighted by atomic mass is 10.0. The van der Waals surface area contributed by atoms with E-state index < -0.39 is 0 Å². The second kappa shape index (κ2) is 9.19. The Labute approximate surface area is 158 Å². The van der Waals surface area contributed by atoms with Gasteiger partial charge in [0.05, 0.1) is 18.9 Å². The number of hydrogen-bond donors (Lipinski definition) is 0. The maximum absolute atomic E-state index is 12.5. The number of thioether (sulfide) groups is 1. The van der Waals surface area contributed by atoms with Crippen LogP contribution in [-0.2, 0) is 16.1 Å². The van der Waals surface area contributed by atoms with Crippen molar-refractivity contribution in [3.05, 3.63) is 30.3 Å². The zero-order valence-electron chi connectivity index (χ0n) is 15.4. The average molecular weight is 375 g/mol. The van der Waals surface area contributed by atoms with E-state index in [-0.39, 0.29) is 5.91 Å². The summed E-state index contributed by atoms with van der Waals surface area (Å²) >= 11 is 1.46. The van der Waals surface area contributed by atoms with Crippen LogP contribution in [0.15, 0.2) is 35.5 Å². The van der Waals surface area contributed by atoms with Gasteiger partial charge in [0.25, 0.3) is 0 Å². The highest BCUT2D eigenvalue weighted by Gasteiger charge is 2.22. The van der Waals surface area contributed by atoms with Crippen LogP contribution in [0.3, 0.4) is 0 Å². The van der Waals surface area contributed by atoms with E-state index in [1.165, 1.54) is 18.2 Å². The Hall–Kier alpha value is -1.86. The van der Waals surface area contributed by atoms with Crippen molar-refractivity contribution in [1.82, 2.24) is 19.7 Å². The van der Waals surface area contributed by atoms with E-state index in [1.54, 1.807) is 7.11 Å². The Morgan fingerprint density at radius 1 is 1.31 bits per heavy atom. The molecule has 140 valence electrons. The lowest BCUT2D eigenvalue weighted by molar-refractivity contribution is -0.130. The third-order valence-electron chi connectivity index (χ3n) is 4.60. The molecule has 2 aromatic rings. The molecule has 26 heavy (non-hydrogen) atoms. The van der Waals surface area contributed by atoms with Gasteiger partial charge in [0.15, 0.2) is 11.0 Å². The predicted molar refractivity (Wildman–Crippen MR) is 103 cm³/mol. The van der Waals surface area contributed by atoms with Gasteiger partial charge >= 0.3 is 0 Å². The van der Waals surface area contributed by atoms with Crippen molar-refractivity contribution in [3.63, 3.8) is 0 Å². The molecule has 1 aliphatic heterocycles. The fourth-order valence-electron chi connectivity index (χ4n) is 3.21. The number of amides is 1. The Balaban J connectivity index is 1.70. The second-order valence-electron chi connectivity index (χ2n) is 6.69. The van der Waals surface area contributed by atoms with Gasteiger partial charge in [0, 0.05) is 25.8 Å². The molecule has 1 aromatic carbocycles. The molecule has 1 saturated heterocycles. The van der Waals surface area contributed by atoms with Crippen LogP contribution in [0.5, 0.6) is 0 Å². The minimum atomic E-state index is 0.184. The number of hydrogen-bond acceptors (Lipinski definition) is 5. The number of carbonyl (C=O) groups excluding carboxylic acids is 1. The molecule has 0 saturated carbocycles. The highest BCUT2D eigenvalue weighted by atomic mass is 32.2. The number of nitrogens with zero attached hydrogens (tertiary/aromatic N) is 4. The van der Waals surface area contributed by atoms with Crippen molar-refractivity contribution >= 4 is 17.7 Å². The zero-order chi connectivity index (χ0) is 18.4. The van der Waals surface area contributed by atoms with Crippen molar-refractivity contribution in [2.24, 2.45) is 5.92 Å². The molecule has 1 atom stereocenters. The lowest BCUT2D eigenvalue weighted by Crippen LogP contribution is -2.40. The summed E-state index contributed by atoms with van der Waals surface area (Å²) in [5.74, 6) is 1.98. The summed E-state index contributed by atoms with van der Waals surface area (Å²) in [4.78, 5) is 14.5. The van der Waals surface area contributed by atoms with E-state index in [2.05, 4.69) is 17.1 Å². The summed E-state index contributed by atoms with van der Waals surface area (Å²) < 4.78 is 7.27. The van der Waals surface area contributed by atoms with Crippen molar-refractivity contribution in [2.75, 3.05) is 32.6 Å². The summed E-state index contributed by atoms with van der Waals surface area (Å²) in [5.41, 5.74) is 1.01. The summed E-state index contributed by atoms with van der Waals surface area (Å²) in [7, 11) is 1.68. The number of piperidine rings is 1. The number of benzene rings is 1. The molecule has 0 radical (unpaired) electrons. The molecule has 7 heteroatoms. The van der Waals surface area contributed by atoms with Crippen LogP contribution in [0.1, 0.15) is 19.8 Å². The predicted octanol–water partition coefficient (Wildman–Crippen LogP) is 2.94. The maximum Gasteiger partial charge on any atom is 0.233 e. The van der Waals surface area contributed by atoms with Gasteiger partial charge in [-0.25, -0.2) is 0 Å². The van der Waals surface area contributed by atoms with Crippen LogP contribution in [0.4, 0.5) is 0 Å². The summed E-state index contributed by atoms with van der Waals surface area (Å²) in [6.07, 6.45) is 2.31. The fourth-order valence-corrected chi connectivity index (χ4v) is 4.08. The molecular formula is C19H26N4O2S. The molecule has 0 spiro atoms. The number of methoxy groups -OCH3 is 1. The lowest BCUT2D eigenvalue weighted by Gasteiger charge is -2.30. The number of ether oxygens (including phenoxy) is 1. The monoisotopic (exact) mass is 374 g/mol. The van der Waals surface area contributed by atoms with E-state index >= 15 is 0 Å². The number of rotatable bonds is 7. The van der Waals surface area contributed by atoms with Gasteiger partial charge in [0.2, 0.25) is 5.91 Å². The highest BCUT2D eigenvalue weighted by Crippen LogP contribution is 2.25. The molecule has 1 fully saturated rings. The number of likely N-dealkylation sites (tertiary alicyclic amines) is 1. The Morgan fingerprint density at radius 2 is 2.12 bits per heavy atom. The second-order valence-corrected chi connectivity index (χ2v) is 7.63. The summed E-state index contributed by atoms with van der Waals surface area (Å²) in [6.45, 7) is 5.18. The van der Waals surface area contributed by atoms with Gasteiger partial charge in [0.1, 0.15) is 0 Å². The molecule has 1 amide bonds. The Bertz CT molecular complexity index is 720. The van der Waals surface area contributed by atoms with E-state index in [4.69, 9.17) is 4.74 Å². The first kappa shape index (κ1) is 18.9. The van der Waals surface area contributed by atoms with Gasteiger partial charge in [-0.2, -0.15) is 0 Å². The van der Waals surface area contributed by atoms with Crippen LogP contribution in [0.25, 0.3) is 11.4 Å². The molecule has 2 heterocycles. The van der Waals surface area contributed by atoms with E-state index in [1.807, 2.05) is 39.8 Å². The molecule has 0 unspecified atom stereocenters. The fraction of sp³-hybridized carbons (Fsp3) is 0.526. The largest absolute Gasteiger partial charge is 0.383 e. The first-order valence-electron chi connectivity index (χ1n) is 9.07. The quantitative estimate of drug-likeness (QED) is 0.698. The Kier molecular flexibility index (Phi) is 6.68. The van der Waals surface area contributed by atoms with Crippen molar-refractivity contribution in [3.8, 4) is 11.4 Å². The van der Waals surface area contributed by atoms with Gasteiger partial charge in [-0.15, -0.1) is 10.2 Å². The van der Waals surface area contributed by atoms with Crippen LogP contribution < -0.4 is 0 Å². The van der Waals surface area contributed by atoms with Crippen LogP contribution >= 0.6 is 11.8 Å². The Morgan fingerprint density at radius 3 is 2.85 bits per heavy atom. The first-order valence-corrected chi connectivity index (χ1v) is 10.1. The van der Waals surface area contributed by atoms with Crippen molar-refractivity contribution in [2.45, 2.75) is 31.5 Å². The molecule has 3 rings (SSSR count). The number of carbonyl (C=O) groups is 1. The van der Waals surface area contributed by atoms with Gasteiger partial charge < -0.3 is 9.64 Å². The first-order chi connectivity index (χ1) is 12.7. The number of aromatic nitrogens is 3. The third-order valence-corrected chi connectivity index (χ3v) is 5.55. The van der Waals surface area contributed by atoms with Crippen LogP contribution in [0, 0.1) is 5.92 Å². The maximum atomic E-state index is 12.5. The van der Waals surface area contributed by atoms with Crippen LogP contribution in [0.2, 0.25) is 0 Å². The molecule has 0 aliphatic carbocycles. The summed E-state index contributed by atoms with van der Waals surface area (Å²) in [5, 5.41) is 9.44. The van der Waals surface area contributed by atoms with Gasteiger partial charge in [-0.05, 0) is 18.8 Å². The van der Waals surface area contributed by atoms with Crippen molar-refractivity contribution < 1.29 is 9.53 Å². The minimum Gasteiger partial charge on any atom is -0.383 e. The molecule has 6 nitrogen and oxygen atoms in total. The van der Waals surface area contributed by atoms with Crippen molar-refractivity contribution in [1.29, 1.82) is 0 Å². The molecule has 1 aliphatic rings. The van der Waals surface area contributed by atoms with E-state index in [0.717, 1.165) is 36.1 Å². The molecule has 0 N–H and O–H groups in total. The highest BCUT2D eigenvalue weighted by molar-refractivity contribution is 7.99. The van der Waals surface area contributed by atoms with Crippen LogP contribution in [-0.4, -0.2) is 58.1 Å². The molecular weight excluding hydrogens is 348 g/mol. The standard InChI is InChI=1S/C19H26N4O2S/c1-15-7-6-10-22(13-15)17(24)14-26-19-21-20-18(23(19)11-12-25-2)16-8-4-3-5-9-16/h3-5,8-9,15H,6-7,10-14H2,1-2H3/t15-/m0/s1. The topological polar surface area (TPSA) is 60.2 Å². The summed E-state index contributed by atoms with van der Waals surface area (Å²) in [6, 6.07) is 9.98. The van der Waals surface area contributed by atoms with E-state index in [0.29, 0.717) is 24.8 Å². The molecule has 0 bridgehead atoms. The SMILES string of the molecule is COCCn1c(SCC(=O)N2CCC[C@H](C)C2)nnc1-c1ccccc1. The van der Waals surface area contributed by atoms with Gasteiger partial charge in [-0.1, -0.05) is 49.0 Å². The molecule has 1 aromatic heterocycles. The van der Waals surface area contributed by atoms with Gasteiger partial charge in [-0.3, -0.25) is 9.36 Å². The smallest absolute Gasteiger partial charge is 0.233 e. The minimum absolute atomic E-state index is 0.184. The van der Waals surface area contributed by atoms with E-state index in [9.17, 15) is 4.79 Å². The third kappa shape index (κ3) is 4.65. The normalized spacial score (nSPS) is 17.5. The zero-order valence-corrected chi connectivity index (χ0v) is 16.2. The average Bonchev–Trinajstić information content (AvgIpc) is 3.07.